The maximum Gasteiger partial charge on any atom is 0.434 e. The maximum absolute atomic E-state index is 15.8. The number of H-pyrrole nitrogens is 1. The van der Waals surface area contributed by atoms with Crippen molar-refractivity contribution in [2.75, 3.05) is 14.2 Å². The monoisotopic (exact) mass is 559 g/mol. The number of aromatic amines is 1. The first-order chi connectivity index (χ1) is 18.6. The van der Waals surface area contributed by atoms with Gasteiger partial charge in [0.1, 0.15) is 16.9 Å². The van der Waals surface area contributed by atoms with Crippen LogP contribution in [0.4, 0.5) is 8.78 Å². The number of methoxy groups -OCH3 is 2. The van der Waals surface area contributed by atoms with Crippen molar-refractivity contribution in [3.63, 3.8) is 0 Å². The Morgan fingerprint density at radius 3 is 2.44 bits per heavy atom. The third kappa shape index (κ3) is 4.49. The van der Waals surface area contributed by atoms with Gasteiger partial charge in [0.25, 0.3) is 0 Å². The summed E-state index contributed by atoms with van der Waals surface area (Å²) in [4.78, 5) is 11.7. The van der Waals surface area contributed by atoms with Crippen LogP contribution < -0.4 is 5.76 Å². The molecule has 1 saturated heterocycles. The van der Waals surface area contributed by atoms with Gasteiger partial charge in [-0.05, 0) is 30.5 Å². The lowest BCUT2D eigenvalue weighted by Crippen LogP contribution is -2.58. The summed E-state index contributed by atoms with van der Waals surface area (Å²) in [5, 5.41) is 5.17. The van der Waals surface area contributed by atoms with Crippen LogP contribution in [0.25, 0.3) is 0 Å². The summed E-state index contributed by atoms with van der Waals surface area (Å²) in [6.07, 6.45) is 6.32. The molecular formula is C27H27F2N3O6S. The highest BCUT2D eigenvalue weighted by Gasteiger charge is 2.62. The molecule has 1 aliphatic carbocycles. The highest BCUT2D eigenvalue weighted by molar-refractivity contribution is 7.89. The van der Waals surface area contributed by atoms with Crippen molar-refractivity contribution in [1.82, 2.24) is 14.5 Å². The van der Waals surface area contributed by atoms with E-state index in [0.29, 0.717) is 18.4 Å². The maximum atomic E-state index is 15.8. The molecule has 2 fully saturated rings. The van der Waals surface area contributed by atoms with Crippen molar-refractivity contribution in [3.8, 4) is 12.3 Å². The Hall–Kier alpha value is -3.37. The molecule has 5 rings (SSSR count). The second-order valence-electron chi connectivity index (χ2n) is 9.85. The van der Waals surface area contributed by atoms with Crippen LogP contribution in [0.1, 0.15) is 53.5 Å². The van der Waals surface area contributed by atoms with E-state index in [1.807, 2.05) is 0 Å². The predicted molar refractivity (Wildman–Crippen MR) is 136 cm³/mol. The van der Waals surface area contributed by atoms with Crippen molar-refractivity contribution < 1.29 is 31.1 Å². The van der Waals surface area contributed by atoms with E-state index in [0.717, 1.165) is 16.4 Å². The van der Waals surface area contributed by atoms with Crippen LogP contribution in [-0.4, -0.2) is 49.0 Å². The molecule has 206 valence electrons. The third-order valence-electron chi connectivity index (χ3n) is 7.81. The second-order valence-corrected chi connectivity index (χ2v) is 11.9. The van der Waals surface area contributed by atoms with E-state index >= 15 is 8.78 Å². The van der Waals surface area contributed by atoms with E-state index < -0.39 is 56.5 Å². The number of hydrogen-bond acceptors (Lipinski definition) is 7. The highest BCUT2D eigenvalue weighted by Crippen LogP contribution is 2.56. The van der Waals surface area contributed by atoms with Gasteiger partial charge in [-0.25, -0.2) is 27.1 Å². The molecule has 1 saturated carbocycles. The fourth-order valence-corrected chi connectivity index (χ4v) is 7.79. The Balaban J connectivity index is 1.52. The Labute approximate surface area is 224 Å². The quantitative estimate of drug-likeness (QED) is 0.349. The van der Waals surface area contributed by atoms with Crippen molar-refractivity contribution in [2.24, 2.45) is 0 Å². The molecule has 0 spiro atoms. The number of nitrogens with one attached hydrogen (secondary N) is 1. The minimum absolute atomic E-state index is 0.00503. The lowest BCUT2D eigenvalue weighted by Gasteiger charge is -2.52. The minimum atomic E-state index is -4.00. The normalized spacial score (nSPS) is 23.6. The first-order valence-corrected chi connectivity index (χ1v) is 13.8. The zero-order chi connectivity index (χ0) is 28.0. The molecule has 3 aromatic rings. The van der Waals surface area contributed by atoms with Gasteiger partial charge >= 0.3 is 5.76 Å². The van der Waals surface area contributed by atoms with Gasteiger partial charge < -0.3 is 13.9 Å². The van der Waals surface area contributed by atoms with Crippen LogP contribution in [0.15, 0.2) is 51.7 Å². The summed E-state index contributed by atoms with van der Waals surface area (Å²) in [7, 11) is -1.17. The Morgan fingerprint density at radius 2 is 1.85 bits per heavy atom. The number of aromatic nitrogens is 2. The number of rotatable bonds is 7. The fourth-order valence-electron chi connectivity index (χ4n) is 5.69. The molecule has 1 N–H and O–H groups in total. The molecule has 12 heteroatoms. The third-order valence-corrected chi connectivity index (χ3v) is 10.1. The Kier molecular flexibility index (Phi) is 6.97. The molecule has 1 aliphatic heterocycles. The number of hydrogen-bond donors (Lipinski definition) is 1. The topological polar surface area (TPSA) is 115 Å². The molecule has 0 unspecified atom stereocenters. The van der Waals surface area contributed by atoms with Crippen molar-refractivity contribution >= 4 is 10.0 Å². The lowest BCUT2D eigenvalue weighted by molar-refractivity contribution is -0.275. The van der Waals surface area contributed by atoms with Crippen LogP contribution >= 0.6 is 0 Å². The van der Waals surface area contributed by atoms with E-state index in [2.05, 4.69) is 16.1 Å². The number of terminal acetylenes is 1. The van der Waals surface area contributed by atoms with E-state index in [-0.39, 0.29) is 29.9 Å². The van der Waals surface area contributed by atoms with Gasteiger partial charge in [0.2, 0.25) is 15.9 Å². The molecule has 39 heavy (non-hydrogen) atoms. The number of halogens is 2. The minimum Gasteiger partial charge on any atom is -0.391 e. The van der Waals surface area contributed by atoms with Crippen LogP contribution in [0, 0.1) is 24.0 Å². The molecule has 2 aromatic carbocycles. The molecule has 0 amide bonds. The van der Waals surface area contributed by atoms with Crippen LogP contribution in [0.3, 0.4) is 0 Å². The molecule has 2 aliphatic rings. The highest BCUT2D eigenvalue weighted by atomic mass is 32.2. The van der Waals surface area contributed by atoms with Gasteiger partial charge in [-0.1, -0.05) is 36.3 Å². The van der Waals surface area contributed by atoms with Gasteiger partial charge in [0.05, 0.1) is 11.5 Å². The molecule has 2 heterocycles. The standard InChI is InChI=1S/C27H27F2N3O6S/c1-4-19-10-11-23(17-8-6-5-7-9-17)39(34,35)32(19)14-18-12-22(29)20(13-21(18)28)26(24-30-31-25(33)38-24)15-27(16-26,36-2)37-3/h1,5-9,12-13,19,23H,10-11,14-16H2,2-3H3,(H,31,33)/t19-,23+/m0/s1. The van der Waals surface area contributed by atoms with Crippen LogP contribution in [0.5, 0.6) is 0 Å². The van der Waals surface area contributed by atoms with E-state index in [1.54, 1.807) is 30.3 Å². The average molecular weight is 560 g/mol. The molecule has 0 bridgehead atoms. The fraction of sp³-hybridized carbons (Fsp3) is 0.407. The van der Waals surface area contributed by atoms with Crippen LogP contribution in [-0.2, 0) is 31.5 Å². The van der Waals surface area contributed by atoms with E-state index in [1.165, 1.54) is 14.2 Å². The summed E-state index contributed by atoms with van der Waals surface area (Å²) in [6, 6.07) is 9.83. The second kappa shape index (κ2) is 9.98. The average Bonchev–Trinajstić information content (AvgIpc) is 3.34. The number of nitrogens with zero attached hydrogens (tertiary/aromatic N) is 2. The van der Waals surface area contributed by atoms with Crippen molar-refractivity contribution in [3.05, 3.63) is 87.2 Å². The lowest BCUT2D eigenvalue weighted by atomic mass is 9.60. The predicted octanol–water partition coefficient (Wildman–Crippen LogP) is 3.38. The van der Waals surface area contributed by atoms with Gasteiger partial charge in [0, 0.05) is 44.7 Å². The molecule has 1 aromatic heterocycles. The smallest absolute Gasteiger partial charge is 0.391 e. The van der Waals surface area contributed by atoms with Gasteiger partial charge in [0.15, 0.2) is 5.79 Å². The first-order valence-electron chi connectivity index (χ1n) is 12.3. The number of ether oxygens (including phenoxy) is 2. The molecule has 0 radical (unpaired) electrons. The number of sulfonamides is 1. The number of benzene rings is 2. The van der Waals surface area contributed by atoms with E-state index in [4.69, 9.17) is 20.3 Å². The zero-order valence-electron chi connectivity index (χ0n) is 21.3. The molecule has 2 atom stereocenters. The van der Waals surface area contributed by atoms with Crippen molar-refractivity contribution in [1.29, 1.82) is 0 Å². The van der Waals surface area contributed by atoms with Crippen LogP contribution in [0.2, 0.25) is 0 Å². The Bertz CT molecular complexity index is 1570. The summed E-state index contributed by atoms with van der Waals surface area (Å²) >= 11 is 0. The van der Waals surface area contributed by atoms with Gasteiger partial charge in [-0.3, -0.25) is 0 Å². The van der Waals surface area contributed by atoms with E-state index in [9.17, 15) is 13.2 Å². The molecular weight excluding hydrogens is 532 g/mol. The summed E-state index contributed by atoms with van der Waals surface area (Å²) in [5.74, 6) is -1.29. The Morgan fingerprint density at radius 1 is 1.15 bits per heavy atom. The largest absolute Gasteiger partial charge is 0.434 e. The molecule has 9 nitrogen and oxygen atoms in total. The van der Waals surface area contributed by atoms with Gasteiger partial charge in [-0.2, -0.15) is 4.31 Å². The SMILES string of the molecule is C#C[C@H]1CC[C@H](c2ccccc2)S(=O)(=O)N1Cc1cc(F)c(C2(c3n[nH]c(=O)o3)CC(OC)(OC)C2)cc1F. The summed E-state index contributed by atoms with van der Waals surface area (Å²) in [6.45, 7) is -0.450. The summed E-state index contributed by atoms with van der Waals surface area (Å²) < 4.78 is 75.7. The van der Waals surface area contributed by atoms with Crippen molar-refractivity contribution in [2.45, 2.75) is 54.7 Å². The van der Waals surface area contributed by atoms with Gasteiger partial charge in [-0.15, -0.1) is 11.5 Å². The first kappa shape index (κ1) is 27.2. The summed E-state index contributed by atoms with van der Waals surface area (Å²) in [5.41, 5.74) is -1.06. The zero-order valence-corrected chi connectivity index (χ0v) is 22.1.